The van der Waals surface area contributed by atoms with E-state index >= 15 is 0 Å². The highest BCUT2D eigenvalue weighted by molar-refractivity contribution is 5.98. The van der Waals surface area contributed by atoms with Crippen LogP contribution in [0.5, 0.6) is 5.75 Å². The van der Waals surface area contributed by atoms with E-state index in [2.05, 4.69) is 224 Å². The van der Waals surface area contributed by atoms with Gasteiger partial charge in [0.15, 0.2) is 0 Å². The Labute approximate surface area is 399 Å². The van der Waals surface area contributed by atoms with Crippen LogP contribution in [0, 0.1) is 5.92 Å². The molecule has 0 amide bonds. The van der Waals surface area contributed by atoms with Crippen molar-refractivity contribution in [3.63, 3.8) is 0 Å². The lowest BCUT2D eigenvalue weighted by Crippen LogP contribution is -2.17. The Balaban J connectivity index is 1.33. The van der Waals surface area contributed by atoms with Gasteiger partial charge in [0, 0.05) is 29.8 Å². The maximum atomic E-state index is 12.6. The molecule has 9 aromatic rings. The van der Waals surface area contributed by atoms with E-state index in [9.17, 15) is 5.11 Å². The van der Waals surface area contributed by atoms with Gasteiger partial charge in [0.2, 0.25) is 0 Å². The zero-order valence-electron chi connectivity index (χ0n) is 41.7. The molecule has 0 aliphatic rings. The van der Waals surface area contributed by atoms with Crippen molar-refractivity contribution < 1.29 is 6.48 Å². The van der Waals surface area contributed by atoms with E-state index in [0.29, 0.717) is 17.3 Å². The van der Waals surface area contributed by atoms with Crippen LogP contribution in [0.2, 0.25) is 0 Å². The number of hydrogen-bond acceptors (Lipinski definition) is 3. The van der Waals surface area contributed by atoms with E-state index in [1.165, 1.54) is 5.56 Å². The molecule has 4 heteroatoms. The number of pyridine rings is 1. The molecule has 0 atom stereocenters. The fourth-order valence-electron chi connectivity index (χ4n) is 9.28. The number of para-hydroxylation sites is 1. The Hall–Kier alpha value is -7.04. The topological polar surface area (TPSA) is 50.9 Å². The molecule has 0 unspecified atom stereocenters. The Bertz CT molecular complexity index is 3270. The van der Waals surface area contributed by atoms with Crippen LogP contribution >= 0.6 is 0 Å². The third-order valence-electron chi connectivity index (χ3n) is 12.9. The van der Waals surface area contributed by atoms with Crippen LogP contribution in [0.3, 0.4) is 0 Å². The fraction of sp³-hybridized carbons (Fsp3) is 0.238. The summed E-state index contributed by atoms with van der Waals surface area (Å²) in [6, 6.07) is 58.1. The zero-order chi connectivity index (χ0) is 48.1. The number of phenolic OH excluding ortho intramolecular Hbond substituents is 1. The molecule has 4 nitrogen and oxygen atoms in total. The number of benzene rings is 7. The SMILES string of the molecule is [2H]C(C)(C)c1ccc(-c2ccnc(-c3cc(-c4ccccc4)cc(-c4cccc5c4nc(-c4cc(C(C)(C)C)cc(C(C)(C)C)c4O)n5-c4ccc(CC(C)C)cc4-c4ccccc4)c3)c2)cc1. The van der Waals surface area contributed by atoms with E-state index in [1.54, 1.807) is 0 Å². The lowest BCUT2D eigenvalue weighted by Gasteiger charge is -2.27. The highest BCUT2D eigenvalue weighted by Crippen LogP contribution is 2.46. The van der Waals surface area contributed by atoms with E-state index in [0.717, 1.165) is 95.6 Å². The van der Waals surface area contributed by atoms with Crippen molar-refractivity contribution in [2.75, 3.05) is 0 Å². The van der Waals surface area contributed by atoms with Crippen LogP contribution in [0.4, 0.5) is 0 Å². The Morgan fingerprint density at radius 1 is 0.552 bits per heavy atom. The number of hydrogen-bond donors (Lipinski definition) is 1. The number of aromatic hydroxyl groups is 1. The molecule has 0 fully saturated rings. The maximum Gasteiger partial charge on any atom is 0.149 e. The predicted molar refractivity (Wildman–Crippen MR) is 283 cm³/mol. The molecule has 0 saturated carbocycles. The molecule has 2 heterocycles. The monoisotopic (exact) mass is 879 g/mol. The van der Waals surface area contributed by atoms with Crippen LogP contribution in [-0.2, 0) is 17.3 Å². The first-order valence-corrected chi connectivity index (χ1v) is 23.7. The average Bonchev–Trinajstić information content (AvgIpc) is 3.70. The van der Waals surface area contributed by atoms with Gasteiger partial charge in [0.25, 0.3) is 0 Å². The Morgan fingerprint density at radius 3 is 1.87 bits per heavy atom. The molecular formula is C63H63N3O. The van der Waals surface area contributed by atoms with Crippen molar-refractivity contribution in [3.05, 3.63) is 192 Å². The summed E-state index contributed by atoms with van der Waals surface area (Å²) in [7, 11) is 0. The third kappa shape index (κ3) is 9.23. The van der Waals surface area contributed by atoms with E-state index in [1.807, 2.05) is 20.0 Å². The molecule has 0 aliphatic carbocycles. The second-order valence-electron chi connectivity index (χ2n) is 20.9. The summed E-state index contributed by atoms with van der Waals surface area (Å²) in [5.74, 6) is 0.749. The second kappa shape index (κ2) is 18.0. The number of imidazole rings is 1. The van der Waals surface area contributed by atoms with Gasteiger partial charge in [-0.3, -0.25) is 9.55 Å². The van der Waals surface area contributed by atoms with Gasteiger partial charge in [-0.1, -0.05) is 178 Å². The van der Waals surface area contributed by atoms with Crippen LogP contribution in [0.25, 0.3) is 83.9 Å². The first kappa shape index (κ1) is 43.8. The molecule has 0 bridgehead atoms. The van der Waals surface area contributed by atoms with Crippen molar-refractivity contribution in [2.45, 2.75) is 92.4 Å². The lowest BCUT2D eigenvalue weighted by molar-refractivity contribution is 0.446. The quantitative estimate of drug-likeness (QED) is 0.149. The lowest BCUT2D eigenvalue weighted by atomic mass is 9.79. The van der Waals surface area contributed by atoms with E-state index in [-0.39, 0.29) is 16.6 Å². The predicted octanol–water partition coefficient (Wildman–Crippen LogP) is 17.0. The largest absolute Gasteiger partial charge is 0.507 e. The van der Waals surface area contributed by atoms with Gasteiger partial charge in [0.1, 0.15) is 11.6 Å². The van der Waals surface area contributed by atoms with Crippen molar-refractivity contribution in [1.29, 1.82) is 0 Å². The van der Waals surface area contributed by atoms with Gasteiger partial charge in [-0.15, -0.1) is 0 Å². The molecule has 7 aromatic carbocycles. The standard InChI is InChI=1S/C63H63N3O/c1-40(2)32-42-24-29-57(53(33-42)46-20-15-12-16-21-46)66-58-23-17-22-52(59(58)65-61(66)54-38-51(62(5,6)7)39-55(60(54)67)63(8,9)10)49-34-48(44-18-13-11-14-19-44)35-50(36-49)56-37-47(30-31-64-56)45-27-25-43(26-28-45)41(3)4/h11-31,33-41,67H,32H2,1-10H3/i41D. The summed E-state index contributed by atoms with van der Waals surface area (Å²) in [5, 5.41) is 12.6. The fourth-order valence-corrected chi connectivity index (χ4v) is 9.28. The summed E-state index contributed by atoms with van der Waals surface area (Å²) < 4.78 is 10.8. The van der Waals surface area contributed by atoms with Crippen LogP contribution in [0.15, 0.2) is 170 Å². The minimum Gasteiger partial charge on any atom is -0.507 e. The summed E-state index contributed by atoms with van der Waals surface area (Å²) >= 11 is 0. The van der Waals surface area contributed by atoms with Gasteiger partial charge >= 0.3 is 0 Å². The number of rotatable bonds is 10. The number of phenols is 1. The van der Waals surface area contributed by atoms with E-state index in [4.69, 9.17) is 11.3 Å². The molecule has 0 saturated heterocycles. The van der Waals surface area contributed by atoms with Gasteiger partial charge in [-0.2, -0.15) is 0 Å². The minimum atomic E-state index is -0.676. The van der Waals surface area contributed by atoms with Crippen molar-refractivity contribution in [3.8, 4) is 78.6 Å². The molecule has 9 rings (SSSR count). The van der Waals surface area contributed by atoms with Crippen LogP contribution < -0.4 is 0 Å². The molecule has 0 aliphatic heterocycles. The smallest absolute Gasteiger partial charge is 0.149 e. The van der Waals surface area contributed by atoms with Crippen molar-refractivity contribution >= 4 is 11.0 Å². The molecule has 67 heavy (non-hydrogen) atoms. The Kier molecular flexibility index (Phi) is 11.8. The maximum absolute atomic E-state index is 12.6. The number of fused-ring (bicyclic) bond motifs is 1. The highest BCUT2D eigenvalue weighted by atomic mass is 16.3. The summed E-state index contributed by atoms with van der Waals surface area (Å²) in [6.45, 7) is 21.6. The highest BCUT2D eigenvalue weighted by Gasteiger charge is 2.29. The summed E-state index contributed by atoms with van der Waals surface area (Å²) in [5.41, 5.74) is 17.6. The third-order valence-corrected chi connectivity index (χ3v) is 12.9. The van der Waals surface area contributed by atoms with Gasteiger partial charge in [-0.25, -0.2) is 4.98 Å². The first-order valence-electron chi connectivity index (χ1n) is 24.2. The summed E-state index contributed by atoms with van der Waals surface area (Å²) in [4.78, 5) is 10.7. The molecule has 336 valence electrons. The van der Waals surface area contributed by atoms with Gasteiger partial charge in [0.05, 0.1) is 28.0 Å². The van der Waals surface area contributed by atoms with E-state index < -0.39 is 5.89 Å². The average molecular weight is 879 g/mol. The Morgan fingerprint density at radius 2 is 1.21 bits per heavy atom. The molecule has 0 radical (unpaired) electrons. The first-order chi connectivity index (χ1) is 32.3. The van der Waals surface area contributed by atoms with Crippen LogP contribution in [-0.4, -0.2) is 19.6 Å². The van der Waals surface area contributed by atoms with Crippen LogP contribution in [0.1, 0.15) is 98.8 Å². The second-order valence-corrected chi connectivity index (χ2v) is 20.9. The molecule has 2 aromatic heterocycles. The molecule has 0 spiro atoms. The minimum absolute atomic E-state index is 0.194. The molecular weight excluding hydrogens is 815 g/mol. The van der Waals surface area contributed by atoms with Crippen molar-refractivity contribution in [2.24, 2.45) is 5.92 Å². The normalized spacial score (nSPS) is 12.5. The van der Waals surface area contributed by atoms with Gasteiger partial charge < -0.3 is 5.11 Å². The number of aromatic nitrogens is 3. The molecule has 1 N–H and O–H groups in total. The summed E-state index contributed by atoms with van der Waals surface area (Å²) in [6.07, 6.45) is 2.84. The number of nitrogens with zero attached hydrogens (tertiary/aromatic N) is 3. The zero-order valence-corrected chi connectivity index (χ0v) is 40.7. The van der Waals surface area contributed by atoms with Crippen molar-refractivity contribution in [1.82, 2.24) is 14.5 Å². The van der Waals surface area contributed by atoms with Gasteiger partial charge in [-0.05, 0) is 134 Å².